The Morgan fingerprint density at radius 1 is 1.47 bits per heavy atom. The Morgan fingerprint density at radius 3 is 2.95 bits per heavy atom. The first kappa shape index (κ1) is 13.8. The second kappa shape index (κ2) is 5.99. The van der Waals surface area contributed by atoms with Crippen LogP contribution in [0.15, 0.2) is 30.5 Å². The number of carbonyl (C=O) groups excluding carboxylic acids is 1. The number of primary amides is 1. The van der Waals surface area contributed by atoms with Crippen LogP contribution in [0.4, 0.5) is 0 Å². The third kappa shape index (κ3) is 2.85. The zero-order valence-electron chi connectivity index (χ0n) is 10.7. The summed E-state index contributed by atoms with van der Waals surface area (Å²) in [5, 5.41) is 4.58. The van der Waals surface area contributed by atoms with E-state index in [-0.39, 0.29) is 0 Å². The largest absolute Gasteiger partial charge is 0.368 e. The van der Waals surface area contributed by atoms with E-state index in [9.17, 15) is 4.79 Å². The van der Waals surface area contributed by atoms with Crippen molar-refractivity contribution < 1.29 is 4.79 Å². The van der Waals surface area contributed by atoms with Gasteiger partial charge >= 0.3 is 0 Å². The zero-order chi connectivity index (χ0) is 13.8. The summed E-state index contributed by atoms with van der Waals surface area (Å²) in [6.45, 7) is 2.74. The fourth-order valence-corrected chi connectivity index (χ4v) is 2.26. The molecule has 0 saturated heterocycles. The fourth-order valence-electron chi connectivity index (χ4n) is 2.05. The average Bonchev–Trinajstić information content (AvgIpc) is 2.41. The number of amides is 1. The Morgan fingerprint density at radius 2 is 2.26 bits per heavy atom. The van der Waals surface area contributed by atoms with Crippen molar-refractivity contribution in [2.24, 2.45) is 5.73 Å². The van der Waals surface area contributed by atoms with E-state index in [2.05, 4.69) is 10.3 Å². The molecule has 0 fully saturated rings. The molecule has 0 saturated carbocycles. The summed E-state index contributed by atoms with van der Waals surface area (Å²) in [7, 11) is 0. The van der Waals surface area contributed by atoms with Gasteiger partial charge < -0.3 is 11.1 Å². The summed E-state index contributed by atoms with van der Waals surface area (Å²) in [4.78, 5) is 16.0. The van der Waals surface area contributed by atoms with Gasteiger partial charge in [-0.2, -0.15) is 0 Å². The topological polar surface area (TPSA) is 68.0 Å². The third-order valence-corrected chi connectivity index (χ3v) is 3.27. The van der Waals surface area contributed by atoms with Crippen LogP contribution in [0.2, 0.25) is 5.02 Å². The first-order chi connectivity index (χ1) is 9.15. The van der Waals surface area contributed by atoms with E-state index < -0.39 is 11.9 Å². The smallest absolute Gasteiger partial charge is 0.239 e. The predicted octanol–water partition coefficient (Wildman–Crippen LogP) is 2.41. The van der Waals surface area contributed by atoms with Crippen LogP contribution in [0.3, 0.4) is 0 Å². The number of halogens is 1. The summed E-state index contributed by atoms with van der Waals surface area (Å²) in [5.74, 6) is -0.414. The van der Waals surface area contributed by atoms with E-state index in [0.717, 1.165) is 17.4 Å². The van der Waals surface area contributed by atoms with Gasteiger partial charge in [-0.15, -0.1) is 0 Å². The first-order valence-electron chi connectivity index (χ1n) is 6.21. The van der Waals surface area contributed by atoms with E-state index in [1.807, 2.05) is 19.1 Å². The van der Waals surface area contributed by atoms with Crippen LogP contribution in [0.5, 0.6) is 0 Å². The van der Waals surface area contributed by atoms with Crippen molar-refractivity contribution in [2.45, 2.75) is 19.4 Å². The number of rotatable bonds is 5. The van der Waals surface area contributed by atoms with Crippen molar-refractivity contribution >= 4 is 28.4 Å². The van der Waals surface area contributed by atoms with Crippen LogP contribution in [-0.4, -0.2) is 17.4 Å². The molecule has 1 amide bonds. The second-order valence-electron chi connectivity index (χ2n) is 4.33. The molecule has 0 aliphatic rings. The lowest BCUT2D eigenvalue weighted by molar-refractivity contribution is -0.120. The number of hydrogen-bond donors (Lipinski definition) is 2. The average molecular weight is 278 g/mol. The molecule has 0 bridgehead atoms. The molecule has 100 valence electrons. The van der Waals surface area contributed by atoms with Gasteiger partial charge in [-0.25, -0.2) is 0 Å². The highest BCUT2D eigenvalue weighted by Crippen LogP contribution is 2.28. The fraction of sp³-hybridized carbons (Fsp3) is 0.286. The maximum absolute atomic E-state index is 11.6. The minimum atomic E-state index is -0.547. The number of pyridine rings is 1. The van der Waals surface area contributed by atoms with Gasteiger partial charge in [0.2, 0.25) is 5.91 Å². The molecule has 2 rings (SSSR count). The van der Waals surface area contributed by atoms with Gasteiger partial charge in [0.15, 0.2) is 0 Å². The Labute approximate surface area is 117 Å². The van der Waals surface area contributed by atoms with Crippen molar-refractivity contribution in [3.63, 3.8) is 0 Å². The van der Waals surface area contributed by atoms with E-state index in [0.29, 0.717) is 17.1 Å². The van der Waals surface area contributed by atoms with Gasteiger partial charge in [0.05, 0.1) is 5.52 Å². The molecule has 5 heteroatoms. The molecule has 2 aromatic rings. The molecule has 1 aromatic carbocycles. The Kier molecular flexibility index (Phi) is 4.35. The summed E-state index contributed by atoms with van der Waals surface area (Å²) < 4.78 is 0. The van der Waals surface area contributed by atoms with Gasteiger partial charge in [-0.3, -0.25) is 9.78 Å². The lowest BCUT2D eigenvalue weighted by Gasteiger charge is -2.17. The van der Waals surface area contributed by atoms with E-state index in [4.69, 9.17) is 17.3 Å². The van der Waals surface area contributed by atoms with Crippen molar-refractivity contribution in [1.29, 1.82) is 0 Å². The molecule has 0 aliphatic carbocycles. The van der Waals surface area contributed by atoms with Crippen molar-refractivity contribution in [3.05, 3.63) is 41.0 Å². The molecule has 0 aliphatic heterocycles. The van der Waals surface area contributed by atoms with Gasteiger partial charge in [0.1, 0.15) is 6.04 Å². The number of benzene rings is 1. The quantitative estimate of drug-likeness (QED) is 0.882. The number of nitrogens with zero attached hydrogens (tertiary/aromatic N) is 1. The summed E-state index contributed by atoms with van der Waals surface area (Å²) in [6.07, 6.45) is 2.60. The van der Waals surface area contributed by atoms with Crippen molar-refractivity contribution in [3.8, 4) is 0 Å². The van der Waals surface area contributed by atoms with Gasteiger partial charge in [-0.05, 0) is 31.2 Å². The maximum atomic E-state index is 11.6. The molecular formula is C14H16ClN3O. The number of aromatic nitrogens is 1. The van der Waals surface area contributed by atoms with E-state index >= 15 is 0 Å². The van der Waals surface area contributed by atoms with Crippen LogP contribution in [0.1, 0.15) is 24.9 Å². The molecule has 4 nitrogen and oxygen atoms in total. The van der Waals surface area contributed by atoms with E-state index in [1.54, 1.807) is 18.3 Å². The lowest BCUT2D eigenvalue weighted by Crippen LogP contribution is -2.34. The van der Waals surface area contributed by atoms with Gasteiger partial charge in [-0.1, -0.05) is 24.6 Å². The monoisotopic (exact) mass is 277 g/mol. The van der Waals surface area contributed by atoms with Crippen molar-refractivity contribution in [2.75, 3.05) is 6.54 Å². The van der Waals surface area contributed by atoms with Crippen LogP contribution in [-0.2, 0) is 4.79 Å². The normalized spacial score (nSPS) is 12.5. The Bertz CT molecular complexity index is 600. The maximum Gasteiger partial charge on any atom is 0.239 e. The van der Waals surface area contributed by atoms with Crippen LogP contribution >= 0.6 is 11.6 Å². The summed E-state index contributed by atoms with van der Waals surface area (Å²) in [6, 6.07) is 6.72. The predicted molar refractivity (Wildman–Crippen MR) is 77.0 cm³/mol. The molecular weight excluding hydrogens is 262 g/mol. The number of fused-ring (bicyclic) bond motifs is 1. The highest BCUT2D eigenvalue weighted by atomic mass is 35.5. The second-order valence-corrected chi connectivity index (χ2v) is 4.73. The summed E-state index contributed by atoms with van der Waals surface area (Å²) >= 11 is 6.14. The molecule has 1 heterocycles. The zero-order valence-corrected chi connectivity index (χ0v) is 11.4. The SMILES string of the molecule is CCCNC(C(N)=O)c1ccc(Cl)c2cccnc12. The van der Waals surface area contributed by atoms with Gasteiger partial charge in [0.25, 0.3) is 0 Å². The van der Waals surface area contributed by atoms with Crippen LogP contribution in [0.25, 0.3) is 10.9 Å². The van der Waals surface area contributed by atoms with E-state index in [1.165, 1.54) is 0 Å². The molecule has 1 aromatic heterocycles. The molecule has 1 atom stereocenters. The number of nitrogens with two attached hydrogens (primary N) is 1. The van der Waals surface area contributed by atoms with Crippen molar-refractivity contribution in [1.82, 2.24) is 10.3 Å². The van der Waals surface area contributed by atoms with Gasteiger partial charge in [0, 0.05) is 22.2 Å². The third-order valence-electron chi connectivity index (χ3n) is 2.94. The first-order valence-corrected chi connectivity index (χ1v) is 6.58. The Balaban J connectivity index is 2.53. The molecule has 0 radical (unpaired) electrons. The number of hydrogen-bond acceptors (Lipinski definition) is 3. The molecule has 1 unspecified atom stereocenters. The highest BCUT2D eigenvalue weighted by Gasteiger charge is 2.20. The van der Waals surface area contributed by atoms with Crippen LogP contribution in [0, 0.1) is 0 Å². The summed E-state index contributed by atoms with van der Waals surface area (Å²) in [5.41, 5.74) is 6.95. The molecule has 3 N–H and O–H groups in total. The lowest BCUT2D eigenvalue weighted by atomic mass is 10.0. The minimum absolute atomic E-state index is 0.414. The highest BCUT2D eigenvalue weighted by molar-refractivity contribution is 6.35. The minimum Gasteiger partial charge on any atom is -0.368 e. The number of carbonyl (C=O) groups is 1. The molecule has 0 spiro atoms. The Hall–Kier alpha value is -1.65. The standard InChI is InChI=1S/C14H16ClN3O/c1-2-7-17-13(14(16)19)10-5-6-11(15)9-4-3-8-18-12(9)10/h3-6,8,13,17H,2,7H2,1H3,(H2,16,19). The number of nitrogens with one attached hydrogen (secondary N) is 1. The molecule has 19 heavy (non-hydrogen) atoms. The van der Waals surface area contributed by atoms with Crippen LogP contribution < -0.4 is 11.1 Å².